The smallest absolute Gasteiger partial charge is 0.191 e. The monoisotopic (exact) mass is 261 g/mol. The van der Waals surface area contributed by atoms with Crippen LogP contribution in [0.4, 0.5) is 0 Å². The molecule has 0 spiro atoms. The number of likely N-dealkylation sites (tertiary alicyclic amines) is 1. The van der Waals surface area contributed by atoms with Gasteiger partial charge in [-0.15, -0.1) is 0 Å². The van der Waals surface area contributed by atoms with Crippen LogP contribution in [0.5, 0.6) is 0 Å². The van der Waals surface area contributed by atoms with E-state index < -0.39 is 0 Å². The van der Waals surface area contributed by atoms with Gasteiger partial charge in [-0.3, -0.25) is 4.99 Å². The summed E-state index contributed by atoms with van der Waals surface area (Å²) in [7, 11) is 0. The lowest BCUT2D eigenvalue weighted by Crippen LogP contribution is -2.41. The minimum absolute atomic E-state index is 0.615. The van der Waals surface area contributed by atoms with E-state index in [4.69, 9.17) is 10.5 Å². The van der Waals surface area contributed by atoms with Gasteiger partial charge in [0.15, 0.2) is 5.96 Å². The molecule has 0 bridgehead atoms. The molecular formula is C15H23N3O. The Bertz CT molecular complexity index is 386. The van der Waals surface area contributed by atoms with Crippen LogP contribution in [-0.2, 0) is 11.3 Å². The SMILES string of the molecule is NC(=NCCOCc1ccccc1)N1CCCCC1. The van der Waals surface area contributed by atoms with E-state index in [1.54, 1.807) is 0 Å². The van der Waals surface area contributed by atoms with Gasteiger partial charge >= 0.3 is 0 Å². The lowest BCUT2D eigenvalue weighted by atomic mass is 10.1. The van der Waals surface area contributed by atoms with Crippen LogP contribution in [0.3, 0.4) is 0 Å². The third-order valence-electron chi connectivity index (χ3n) is 3.30. The van der Waals surface area contributed by atoms with E-state index in [1.165, 1.54) is 24.8 Å². The first kappa shape index (κ1) is 13.9. The summed E-state index contributed by atoms with van der Waals surface area (Å²) in [6.07, 6.45) is 3.76. The molecule has 1 aliphatic heterocycles. The molecule has 1 saturated heterocycles. The van der Waals surface area contributed by atoms with Crippen molar-refractivity contribution in [3.8, 4) is 0 Å². The third-order valence-corrected chi connectivity index (χ3v) is 3.30. The van der Waals surface area contributed by atoms with Crippen molar-refractivity contribution in [1.82, 2.24) is 4.90 Å². The fourth-order valence-corrected chi connectivity index (χ4v) is 2.21. The fourth-order valence-electron chi connectivity index (χ4n) is 2.21. The fraction of sp³-hybridized carbons (Fsp3) is 0.533. The molecule has 19 heavy (non-hydrogen) atoms. The van der Waals surface area contributed by atoms with Gasteiger partial charge in [0, 0.05) is 13.1 Å². The molecule has 0 saturated carbocycles. The standard InChI is InChI=1S/C15H23N3O/c16-15(18-10-5-2-6-11-18)17-9-12-19-13-14-7-3-1-4-8-14/h1,3-4,7-8H,2,5-6,9-13H2,(H2,16,17). The third kappa shape index (κ3) is 4.91. The van der Waals surface area contributed by atoms with Crippen molar-refractivity contribution in [2.75, 3.05) is 26.2 Å². The van der Waals surface area contributed by atoms with Crippen LogP contribution >= 0.6 is 0 Å². The number of hydrogen-bond acceptors (Lipinski definition) is 2. The molecule has 0 radical (unpaired) electrons. The van der Waals surface area contributed by atoms with Crippen molar-refractivity contribution in [3.05, 3.63) is 35.9 Å². The van der Waals surface area contributed by atoms with Gasteiger partial charge < -0.3 is 15.4 Å². The molecule has 104 valence electrons. The summed E-state index contributed by atoms with van der Waals surface area (Å²) in [5.74, 6) is 0.669. The van der Waals surface area contributed by atoms with Crippen LogP contribution in [0.1, 0.15) is 24.8 Å². The van der Waals surface area contributed by atoms with Crippen molar-refractivity contribution in [2.24, 2.45) is 10.7 Å². The predicted octanol–water partition coefficient (Wildman–Crippen LogP) is 2.00. The molecule has 1 aromatic rings. The highest BCUT2D eigenvalue weighted by Crippen LogP contribution is 2.07. The second kappa shape index (κ2) is 7.79. The van der Waals surface area contributed by atoms with Crippen molar-refractivity contribution in [3.63, 3.8) is 0 Å². The van der Waals surface area contributed by atoms with E-state index in [-0.39, 0.29) is 0 Å². The van der Waals surface area contributed by atoms with Crippen molar-refractivity contribution in [2.45, 2.75) is 25.9 Å². The number of ether oxygens (including phenoxy) is 1. The Labute approximate surface area is 115 Å². The largest absolute Gasteiger partial charge is 0.375 e. The maximum Gasteiger partial charge on any atom is 0.191 e. The summed E-state index contributed by atoms with van der Waals surface area (Å²) in [6, 6.07) is 10.2. The van der Waals surface area contributed by atoms with E-state index >= 15 is 0 Å². The first-order chi connectivity index (χ1) is 9.36. The lowest BCUT2D eigenvalue weighted by molar-refractivity contribution is 0.128. The van der Waals surface area contributed by atoms with Crippen LogP contribution in [-0.4, -0.2) is 37.1 Å². The summed E-state index contributed by atoms with van der Waals surface area (Å²) >= 11 is 0. The zero-order chi connectivity index (χ0) is 13.3. The quantitative estimate of drug-likeness (QED) is 0.501. The van der Waals surface area contributed by atoms with Crippen LogP contribution in [0, 0.1) is 0 Å². The van der Waals surface area contributed by atoms with Crippen molar-refractivity contribution in [1.29, 1.82) is 0 Å². The Hall–Kier alpha value is -1.55. The van der Waals surface area contributed by atoms with Gasteiger partial charge in [0.2, 0.25) is 0 Å². The molecule has 1 aliphatic rings. The summed E-state index contributed by atoms with van der Waals surface area (Å²) in [6.45, 7) is 3.97. The van der Waals surface area contributed by atoms with E-state index in [2.05, 4.69) is 22.0 Å². The van der Waals surface area contributed by atoms with E-state index in [9.17, 15) is 0 Å². The van der Waals surface area contributed by atoms with Crippen molar-refractivity contribution >= 4 is 5.96 Å². The molecular weight excluding hydrogens is 238 g/mol. The lowest BCUT2D eigenvalue weighted by Gasteiger charge is -2.27. The van der Waals surface area contributed by atoms with Gasteiger partial charge in [0.1, 0.15) is 0 Å². The number of benzene rings is 1. The van der Waals surface area contributed by atoms with Crippen LogP contribution in [0.15, 0.2) is 35.3 Å². The maximum atomic E-state index is 5.96. The molecule has 0 aromatic heterocycles. The van der Waals surface area contributed by atoms with E-state index in [1.807, 2.05) is 18.2 Å². The summed E-state index contributed by atoms with van der Waals surface area (Å²) < 4.78 is 5.58. The molecule has 1 fully saturated rings. The second-order valence-corrected chi connectivity index (χ2v) is 4.83. The minimum atomic E-state index is 0.615. The molecule has 2 rings (SSSR count). The molecule has 4 heteroatoms. The number of rotatable bonds is 5. The van der Waals surface area contributed by atoms with Gasteiger partial charge in [0.25, 0.3) is 0 Å². The average molecular weight is 261 g/mol. The number of piperidine rings is 1. The van der Waals surface area contributed by atoms with Gasteiger partial charge in [-0.1, -0.05) is 30.3 Å². The Kier molecular flexibility index (Phi) is 5.69. The zero-order valence-electron chi connectivity index (χ0n) is 11.4. The first-order valence-corrected chi connectivity index (χ1v) is 7.03. The van der Waals surface area contributed by atoms with Crippen LogP contribution in [0.2, 0.25) is 0 Å². The number of nitrogens with zero attached hydrogens (tertiary/aromatic N) is 2. The zero-order valence-corrected chi connectivity index (χ0v) is 11.4. The number of guanidine groups is 1. The molecule has 0 atom stereocenters. The summed E-state index contributed by atoms with van der Waals surface area (Å²) in [5, 5.41) is 0. The highest BCUT2D eigenvalue weighted by Gasteiger charge is 2.11. The topological polar surface area (TPSA) is 50.9 Å². The Morgan fingerprint density at radius 1 is 1.16 bits per heavy atom. The van der Waals surface area contributed by atoms with E-state index in [0.717, 1.165) is 13.1 Å². The highest BCUT2D eigenvalue weighted by molar-refractivity contribution is 5.78. The molecule has 0 amide bonds. The normalized spacial score (nSPS) is 16.6. The average Bonchev–Trinajstić information content (AvgIpc) is 2.49. The molecule has 0 unspecified atom stereocenters. The highest BCUT2D eigenvalue weighted by atomic mass is 16.5. The van der Waals surface area contributed by atoms with Gasteiger partial charge in [0.05, 0.1) is 19.8 Å². The van der Waals surface area contributed by atoms with E-state index in [0.29, 0.717) is 25.7 Å². The van der Waals surface area contributed by atoms with Gasteiger partial charge in [-0.25, -0.2) is 0 Å². The summed E-state index contributed by atoms with van der Waals surface area (Å²) in [5.41, 5.74) is 7.15. The van der Waals surface area contributed by atoms with Crippen LogP contribution in [0.25, 0.3) is 0 Å². The molecule has 0 aliphatic carbocycles. The Balaban J connectivity index is 1.62. The number of aliphatic imine (C=N–C) groups is 1. The maximum absolute atomic E-state index is 5.96. The van der Waals surface area contributed by atoms with Crippen molar-refractivity contribution < 1.29 is 4.74 Å². The number of hydrogen-bond donors (Lipinski definition) is 1. The first-order valence-electron chi connectivity index (χ1n) is 7.03. The Morgan fingerprint density at radius 2 is 1.89 bits per heavy atom. The predicted molar refractivity (Wildman–Crippen MR) is 78.0 cm³/mol. The molecule has 1 aromatic carbocycles. The van der Waals surface area contributed by atoms with Gasteiger partial charge in [-0.2, -0.15) is 0 Å². The van der Waals surface area contributed by atoms with Gasteiger partial charge in [-0.05, 0) is 24.8 Å². The van der Waals surface area contributed by atoms with Crippen LogP contribution < -0.4 is 5.73 Å². The molecule has 2 N–H and O–H groups in total. The molecule has 4 nitrogen and oxygen atoms in total. The second-order valence-electron chi connectivity index (χ2n) is 4.83. The molecule has 1 heterocycles. The Morgan fingerprint density at radius 3 is 2.63 bits per heavy atom. The number of nitrogens with two attached hydrogens (primary N) is 1. The summed E-state index contributed by atoms with van der Waals surface area (Å²) in [4.78, 5) is 6.54. The minimum Gasteiger partial charge on any atom is -0.375 e.